The predicted molar refractivity (Wildman–Crippen MR) is 71.2 cm³/mol. The summed E-state index contributed by atoms with van der Waals surface area (Å²) in [7, 11) is 0. The topological polar surface area (TPSA) is 43.8 Å². The van der Waals surface area contributed by atoms with Gasteiger partial charge in [0.1, 0.15) is 0 Å². The van der Waals surface area contributed by atoms with Crippen LogP contribution in [0.3, 0.4) is 0 Å². The monoisotopic (exact) mass is 287 g/mol. The van der Waals surface area contributed by atoms with Crippen LogP contribution in [0.15, 0.2) is 10.7 Å². The van der Waals surface area contributed by atoms with Crippen molar-refractivity contribution in [1.29, 1.82) is 0 Å². The molecule has 0 amide bonds. The summed E-state index contributed by atoms with van der Waals surface area (Å²) in [6, 6.07) is 0.0887. The Kier molecular flexibility index (Phi) is 5.49. The molecule has 0 aromatic carbocycles. The number of hydrogen-bond donors (Lipinski definition) is 1. The number of halogens is 1. The van der Waals surface area contributed by atoms with E-state index in [0.29, 0.717) is 5.92 Å². The lowest BCUT2D eigenvalue weighted by atomic mass is 10.0. The summed E-state index contributed by atoms with van der Waals surface area (Å²) in [4.78, 5) is 0. The molecule has 0 fully saturated rings. The Hall–Kier alpha value is -0.350. The first-order valence-corrected chi connectivity index (χ1v) is 6.82. The molecule has 0 saturated heterocycles. The Morgan fingerprint density at radius 1 is 1.44 bits per heavy atom. The lowest BCUT2D eigenvalue weighted by Crippen LogP contribution is -2.17. The van der Waals surface area contributed by atoms with Crippen LogP contribution >= 0.6 is 15.9 Å². The highest BCUT2D eigenvalue weighted by atomic mass is 79.9. The van der Waals surface area contributed by atoms with Gasteiger partial charge in [-0.2, -0.15) is 5.10 Å². The molecule has 4 heteroatoms. The summed E-state index contributed by atoms with van der Waals surface area (Å²) in [5, 5.41) is 4.34. The van der Waals surface area contributed by atoms with E-state index in [4.69, 9.17) is 5.73 Å². The average Bonchev–Trinajstić information content (AvgIpc) is 2.57. The van der Waals surface area contributed by atoms with Crippen LogP contribution in [0.2, 0.25) is 0 Å². The van der Waals surface area contributed by atoms with Crippen LogP contribution < -0.4 is 5.73 Å². The first-order valence-electron chi connectivity index (χ1n) is 6.03. The quantitative estimate of drug-likeness (QED) is 0.870. The van der Waals surface area contributed by atoms with Gasteiger partial charge in [0.15, 0.2) is 0 Å². The normalized spacial score (nSPS) is 13.4. The van der Waals surface area contributed by atoms with E-state index in [0.717, 1.165) is 36.0 Å². The second-order valence-electron chi connectivity index (χ2n) is 4.68. The number of aryl methyl sites for hydroxylation is 1. The van der Waals surface area contributed by atoms with E-state index in [2.05, 4.69) is 41.8 Å². The third-order valence-corrected chi connectivity index (χ3v) is 3.29. The van der Waals surface area contributed by atoms with E-state index in [1.807, 2.05) is 10.9 Å². The standard InChI is InChI=1S/C12H22BrN3/c1-4-7-16-12(10(13)8-15-16)11(14)6-5-9(2)3/h8-9,11H,4-7,14H2,1-3H3. The summed E-state index contributed by atoms with van der Waals surface area (Å²) < 4.78 is 3.06. The minimum absolute atomic E-state index is 0.0887. The maximum atomic E-state index is 6.23. The first kappa shape index (κ1) is 13.7. The fourth-order valence-electron chi connectivity index (χ4n) is 1.78. The largest absolute Gasteiger partial charge is 0.323 e. The second kappa shape index (κ2) is 6.40. The van der Waals surface area contributed by atoms with Crippen molar-refractivity contribution in [2.45, 2.75) is 52.6 Å². The number of hydrogen-bond acceptors (Lipinski definition) is 2. The molecule has 0 bridgehead atoms. The molecule has 1 aromatic rings. The molecule has 3 nitrogen and oxygen atoms in total. The van der Waals surface area contributed by atoms with Crippen LogP contribution in [0.25, 0.3) is 0 Å². The second-order valence-corrected chi connectivity index (χ2v) is 5.53. The third kappa shape index (κ3) is 3.59. The smallest absolute Gasteiger partial charge is 0.0693 e. The molecule has 0 aliphatic heterocycles. The molecule has 0 radical (unpaired) electrons. The van der Waals surface area contributed by atoms with Crippen molar-refractivity contribution in [2.24, 2.45) is 11.7 Å². The van der Waals surface area contributed by atoms with E-state index in [9.17, 15) is 0 Å². The fraction of sp³-hybridized carbons (Fsp3) is 0.750. The molecule has 0 saturated carbocycles. The van der Waals surface area contributed by atoms with Crippen LogP contribution in [-0.4, -0.2) is 9.78 Å². The molecule has 1 atom stereocenters. The summed E-state index contributed by atoms with van der Waals surface area (Å²) in [5.41, 5.74) is 7.37. The fourth-order valence-corrected chi connectivity index (χ4v) is 2.37. The highest BCUT2D eigenvalue weighted by Gasteiger charge is 2.16. The van der Waals surface area contributed by atoms with Crippen LogP contribution in [0, 0.1) is 5.92 Å². The van der Waals surface area contributed by atoms with Gasteiger partial charge >= 0.3 is 0 Å². The zero-order valence-corrected chi connectivity index (χ0v) is 12.0. The van der Waals surface area contributed by atoms with Gasteiger partial charge in [0, 0.05) is 12.6 Å². The molecule has 92 valence electrons. The molecule has 1 heterocycles. The van der Waals surface area contributed by atoms with Gasteiger partial charge in [-0.3, -0.25) is 4.68 Å². The highest BCUT2D eigenvalue weighted by Crippen LogP contribution is 2.26. The summed E-state index contributed by atoms with van der Waals surface area (Å²) in [5.74, 6) is 0.701. The van der Waals surface area contributed by atoms with Gasteiger partial charge in [0.2, 0.25) is 0 Å². The minimum Gasteiger partial charge on any atom is -0.323 e. The van der Waals surface area contributed by atoms with E-state index in [1.54, 1.807) is 0 Å². The number of nitrogens with zero attached hydrogens (tertiary/aromatic N) is 2. The Bertz CT molecular complexity index is 320. The Labute approximate surface area is 107 Å². The predicted octanol–water partition coefficient (Wildman–Crippen LogP) is 3.49. The van der Waals surface area contributed by atoms with Crippen LogP contribution in [-0.2, 0) is 6.54 Å². The molecule has 0 spiro atoms. The van der Waals surface area contributed by atoms with Crippen molar-refractivity contribution in [1.82, 2.24) is 9.78 Å². The zero-order chi connectivity index (χ0) is 12.1. The maximum Gasteiger partial charge on any atom is 0.0693 e. The lowest BCUT2D eigenvalue weighted by molar-refractivity contribution is 0.471. The van der Waals surface area contributed by atoms with Crippen molar-refractivity contribution in [3.05, 3.63) is 16.4 Å². The molecular weight excluding hydrogens is 266 g/mol. The molecule has 1 unspecified atom stereocenters. The number of aromatic nitrogens is 2. The Morgan fingerprint density at radius 3 is 2.69 bits per heavy atom. The summed E-state index contributed by atoms with van der Waals surface area (Å²) in [6.07, 6.45) is 5.11. The van der Waals surface area contributed by atoms with Crippen molar-refractivity contribution >= 4 is 15.9 Å². The van der Waals surface area contributed by atoms with Crippen molar-refractivity contribution in [2.75, 3.05) is 0 Å². The molecule has 0 aliphatic carbocycles. The van der Waals surface area contributed by atoms with Crippen LogP contribution in [0.4, 0.5) is 0 Å². The molecular formula is C12H22BrN3. The van der Waals surface area contributed by atoms with Crippen LogP contribution in [0.1, 0.15) is 51.8 Å². The maximum absolute atomic E-state index is 6.23. The Balaban J connectivity index is 2.72. The van der Waals surface area contributed by atoms with Gasteiger partial charge < -0.3 is 5.73 Å². The zero-order valence-electron chi connectivity index (χ0n) is 10.4. The van der Waals surface area contributed by atoms with Gasteiger partial charge in [-0.15, -0.1) is 0 Å². The van der Waals surface area contributed by atoms with E-state index >= 15 is 0 Å². The number of rotatable bonds is 6. The highest BCUT2D eigenvalue weighted by molar-refractivity contribution is 9.10. The number of nitrogens with two attached hydrogens (primary N) is 1. The van der Waals surface area contributed by atoms with E-state index < -0.39 is 0 Å². The van der Waals surface area contributed by atoms with E-state index in [1.165, 1.54) is 0 Å². The summed E-state index contributed by atoms with van der Waals surface area (Å²) >= 11 is 3.53. The van der Waals surface area contributed by atoms with Gasteiger partial charge in [0.25, 0.3) is 0 Å². The van der Waals surface area contributed by atoms with Crippen molar-refractivity contribution in [3.63, 3.8) is 0 Å². The molecule has 0 aliphatic rings. The van der Waals surface area contributed by atoms with E-state index in [-0.39, 0.29) is 6.04 Å². The minimum atomic E-state index is 0.0887. The van der Waals surface area contributed by atoms with Gasteiger partial charge in [-0.05, 0) is 41.1 Å². The molecule has 1 rings (SSSR count). The van der Waals surface area contributed by atoms with Crippen molar-refractivity contribution < 1.29 is 0 Å². The first-order chi connectivity index (χ1) is 7.56. The molecule has 2 N–H and O–H groups in total. The summed E-state index contributed by atoms with van der Waals surface area (Å²) in [6.45, 7) is 7.55. The average molecular weight is 288 g/mol. The molecule has 1 aromatic heterocycles. The SMILES string of the molecule is CCCn1ncc(Br)c1C(N)CCC(C)C. The van der Waals surface area contributed by atoms with Crippen LogP contribution in [0.5, 0.6) is 0 Å². The van der Waals surface area contributed by atoms with Gasteiger partial charge in [-0.1, -0.05) is 20.8 Å². The van der Waals surface area contributed by atoms with Gasteiger partial charge in [0.05, 0.1) is 16.4 Å². The third-order valence-electron chi connectivity index (χ3n) is 2.67. The Morgan fingerprint density at radius 2 is 2.12 bits per heavy atom. The lowest BCUT2D eigenvalue weighted by Gasteiger charge is -2.15. The van der Waals surface area contributed by atoms with Crippen molar-refractivity contribution in [3.8, 4) is 0 Å². The molecule has 16 heavy (non-hydrogen) atoms. The van der Waals surface area contributed by atoms with Gasteiger partial charge in [-0.25, -0.2) is 0 Å².